The molecule has 2 fully saturated rings. The van der Waals surface area contributed by atoms with Crippen LogP contribution < -0.4 is 4.74 Å². The Balaban J connectivity index is 1.51. The van der Waals surface area contributed by atoms with E-state index >= 15 is 0 Å². The highest BCUT2D eigenvalue weighted by Gasteiger charge is 2.34. The molecule has 4 rings (SSSR count). The summed E-state index contributed by atoms with van der Waals surface area (Å²) in [7, 11) is 1.67. The Bertz CT molecular complexity index is 813. The van der Waals surface area contributed by atoms with Crippen molar-refractivity contribution in [3.05, 3.63) is 36.3 Å². The summed E-state index contributed by atoms with van der Waals surface area (Å²) in [6, 6.07) is 8.53. The highest BCUT2D eigenvalue weighted by atomic mass is 16.5. The second kappa shape index (κ2) is 8.32. The topological polar surface area (TPSA) is 70.7 Å². The quantitative estimate of drug-likeness (QED) is 0.877. The van der Waals surface area contributed by atoms with Crippen LogP contribution in [0.3, 0.4) is 0 Å². The van der Waals surface area contributed by atoms with E-state index in [0.29, 0.717) is 12.6 Å². The number of aromatic amines is 1. The lowest BCUT2D eigenvalue weighted by molar-refractivity contribution is -0.131. The van der Waals surface area contributed by atoms with Gasteiger partial charge < -0.3 is 19.4 Å². The second-order valence-electron chi connectivity index (χ2n) is 7.48. The number of morpholine rings is 1. The third kappa shape index (κ3) is 3.91. The molecule has 3 heterocycles. The number of rotatable bonds is 4. The zero-order valence-electron chi connectivity index (χ0n) is 16.6. The highest BCUT2D eigenvalue weighted by Crippen LogP contribution is 2.30. The first-order valence-corrected chi connectivity index (χ1v) is 9.94. The van der Waals surface area contributed by atoms with E-state index in [1.54, 1.807) is 14.0 Å². The van der Waals surface area contributed by atoms with E-state index < -0.39 is 0 Å². The van der Waals surface area contributed by atoms with Crippen molar-refractivity contribution in [3.8, 4) is 17.0 Å². The zero-order valence-corrected chi connectivity index (χ0v) is 16.6. The lowest BCUT2D eigenvalue weighted by atomic mass is 10.00. The molecule has 7 heteroatoms. The van der Waals surface area contributed by atoms with E-state index in [0.717, 1.165) is 61.9 Å². The van der Waals surface area contributed by atoms with Crippen molar-refractivity contribution < 1.29 is 14.3 Å². The number of imidazole rings is 1. The molecule has 0 spiro atoms. The molecule has 2 saturated heterocycles. The van der Waals surface area contributed by atoms with E-state index in [1.807, 2.05) is 35.4 Å². The van der Waals surface area contributed by atoms with Crippen LogP contribution in [0.15, 0.2) is 30.5 Å². The normalized spacial score (nSPS) is 21.6. The number of methoxy groups -OCH3 is 1. The summed E-state index contributed by atoms with van der Waals surface area (Å²) in [5, 5.41) is 0. The highest BCUT2D eigenvalue weighted by molar-refractivity contribution is 5.73. The van der Waals surface area contributed by atoms with E-state index in [2.05, 4.69) is 14.9 Å². The Hall–Kier alpha value is -2.38. The maximum absolute atomic E-state index is 11.6. The van der Waals surface area contributed by atoms with Gasteiger partial charge in [0, 0.05) is 38.2 Å². The minimum Gasteiger partial charge on any atom is -0.497 e. The molecule has 0 saturated carbocycles. The molecule has 28 heavy (non-hydrogen) atoms. The first-order valence-electron chi connectivity index (χ1n) is 9.94. The van der Waals surface area contributed by atoms with Crippen LogP contribution in [0.1, 0.15) is 31.6 Å². The molecule has 1 N–H and O–H groups in total. The molecule has 7 nitrogen and oxygen atoms in total. The molecule has 0 unspecified atom stereocenters. The van der Waals surface area contributed by atoms with Crippen molar-refractivity contribution in [1.29, 1.82) is 0 Å². The molecule has 0 aliphatic carbocycles. The molecular weight excluding hydrogens is 356 g/mol. The summed E-state index contributed by atoms with van der Waals surface area (Å²) < 4.78 is 11.1. The summed E-state index contributed by atoms with van der Waals surface area (Å²) in [6.07, 6.45) is 3.88. The fourth-order valence-electron chi connectivity index (χ4n) is 4.25. The summed E-state index contributed by atoms with van der Waals surface area (Å²) in [4.78, 5) is 24.2. The predicted octanol–water partition coefficient (Wildman–Crippen LogP) is 2.47. The Labute approximate surface area is 165 Å². The van der Waals surface area contributed by atoms with E-state index in [-0.39, 0.29) is 11.9 Å². The molecule has 0 radical (unpaired) electrons. The minimum absolute atomic E-state index is 0.113. The van der Waals surface area contributed by atoms with Gasteiger partial charge in [-0.05, 0) is 25.0 Å². The number of likely N-dealkylation sites (tertiary alicyclic amines) is 1. The lowest BCUT2D eigenvalue weighted by Gasteiger charge is -2.43. The van der Waals surface area contributed by atoms with Gasteiger partial charge in [-0.25, -0.2) is 4.98 Å². The molecule has 0 bridgehead atoms. The fourth-order valence-corrected chi connectivity index (χ4v) is 4.25. The molecule has 1 amide bonds. The summed E-state index contributed by atoms with van der Waals surface area (Å²) in [5.41, 5.74) is 2.03. The third-order valence-electron chi connectivity index (χ3n) is 5.84. The summed E-state index contributed by atoms with van der Waals surface area (Å²) in [5.74, 6) is 1.94. The summed E-state index contributed by atoms with van der Waals surface area (Å²) >= 11 is 0. The van der Waals surface area contributed by atoms with Crippen molar-refractivity contribution in [2.24, 2.45) is 0 Å². The molecule has 150 valence electrons. The van der Waals surface area contributed by atoms with Gasteiger partial charge in [-0.1, -0.05) is 12.1 Å². The van der Waals surface area contributed by atoms with Gasteiger partial charge in [0.15, 0.2) is 0 Å². The van der Waals surface area contributed by atoms with Crippen LogP contribution in [0.5, 0.6) is 5.75 Å². The second-order valence-corrected chi connectivity index (χ2v) is 7.48. The number of amides is 1. The average Bonchev–Trinajstić information content (AvgIpc) is 3.24. The molecular formula is C21H28N4O3. The number of nitrogens with one attached hydrogen (secondary N) is 1. The van der Waals surface area contributed by atoms with Crippen LogP contribution in [-0.4, -0.2) is 71.7 Å². The van der Waals surface area contributed by atoms with Crippen molar-refractivity contribution >= 4 is 5.91 Å². The van der Waals surface area contributed by atoms with Gasteiger partial charge in [0.25, 0.3) is 0 Å². The third-order valence-corrected chi connectivity index (χ3v) is 5.84. The number of hydrogen-bond acceptors (Lipinski definition) is 5. The molecule has 1 aromatic heterocycles. The Morgan fingerprint density at radius 2 is 2.11 bits per heavy atom. The van der Waals surface area contributed by atoms with Gasteiger partial charge in [-0.3, -0.25) is 9.69 Å². The van der Waals surface area contributed by atoms with Crippen LogP contribution in [-0.2, 0) is 9.53 Å². The van der Waals surface area contributed by atoms with Gasteiger partial charge in [-0.15, -0.1) is 0 Å². The number of aromatic nitrogens is 2. The number of piperidine rings is 1. The van der Waals surface area contributed by atoms with Crippen LogP contribution in [0.2, 0.25) is 0 Å². The first-order chi connectivity index (χ1) is 13.7. The molecule has 2 aliphatic heterocycles. The smallest absolute Gasteiger partial charge is 0.219 e. The molecule has 2 aliphatic rings. The molecule has 2 aromatic rings. The van der Waals surface area contributed by atoms with Gasteiger partial charge >= 0.3 is 0 Å². The standard InChI is InChI=1S/C21H28N4O3/c1-15(26)24-8-6-17(7-9-24)25-10-11-28-14-20(25)21-22-13-19(23-21)16-4-3-5-18(12-16)27-2/h3-5,12-13,17,20H,6-11,14H2,1-2H3,(H,22,23)/t20-/m0/s1. The maximum Gasteiger partial charge on any atom is 0.219 e. The van der Waals surface area contributed by atoms with Gasteiger partial charge in [0.05, 0.1) is 38.3 Å². The fraction of sp³-hybridized carbons (Fsp3) is 0.524. The number of H-pyrrole nitrogens is 1. The number of carbonyl (C=O) groups excluding carboxylic acids is 1. The van der Waals surface area contributed by atoms with Crippen molar-refractivity contribution in [2.75, 3.05) is 40.0 Å². The van der Waals surface area contributed by atoms with Crippen LogP contribution >= 0.6 is 0 Å². The van der Waals surface area contributed by atoms with E-state index in [4.69, 9.17) is 9.47 Å². The largest absolute Gasteiger partial charge is 0.497 e. The lowest BCUT2D eigenvalue weighted by Crippen LogP contribution is -2.51. The molecule has 1 aromatic carbocycles. The van der Waals surface area contributed by atoms with Crippen molar-refractivity contribution in [3.63, 3.8) is 0 Å². The van der Waals surface area contributed by atoms with Gasteiger partial charge in [0.1, 0.15) is 11.6 Å². The number of carbonyl (C=O) groups is 1. The Morgan fingerprint density at radius 3 is 2.86 bits per heavy atom. The van der Waals surface area contributed by atoms with E-state index in [1.165, 1.54) is 0 Å². The van der Waals surface area contributed by atoms with Crippen LogP contribution in [0, 0.1) is 0 Å². The minimum atomic E-state index is 0.113. The molecule has 1 atom stereocenters. The SMILES string of the molecule is COc1cccc(-c2cnc([C@@H]3COCCN3C3CCN(C(C)=O)CC3)[nH]2)c1. The monoisotopic (exact) mass is 384 g/mol. The van der Waals surface area contributed by atoms with E-state index in [9.17, 15) is 4.79 Å². The zero-order chi connectivity index (χ0) is 19.5. The van der Waals surface area contributed by atoms with Crippen molar-refractivity contribution in [2.45, 2.75) is 31.8 Å². The number of nitrogens with zero attached hydrogens (tertiary/aromatic N) is 3. The predicted molar refractivity (Wildman–Crippen MR) is 106 cm³/mol. The summed E-state index contributed by atoms with van der Waals surface area (Å²) in [6.45, 7) is 5.59. The number of hydrogen-bond donors (Lipinski definition) is 1. The Kier molecular flexibility index (Phi) is 5.64. The van der Waals surface area contributed by atoms with Crippen LogP contribution in [0.25, 0.3) is 11.3 Å². The van der Waals surface area contributed by atoms with Gasteiger partial charge in [0.2, 0.25) is 5.91 Å². The van der Waals surface area contributed by atoms with Gasteiger partial charge in [-0.2, -0.15) is 0 Å². The van der Waals surface area contributed by atoms with Crippen molar-refractivity contribution in [1.82, 2.24) is 19.8 Å². The average molecular weight is 384 g/mol. The van der Waals surface area contributed by atoms with Crippen LogP contribution in [0.4, 0.5) is 0 Å². The number of benzene rings is 1. The number of ether oxygens (including phenoxy) is 2. The maximum atomic E-state index is 11.6. The Morgan fingerprint density at radius 1 is 1.29 bits per heavy atom. The first kappa shape index (κ1) is 19.0.